The van der Waals surface area contributed by atoms with E-state index < -0.39 is 34.7 Å². The molecule has 0 bridgehead atoms. The summed E-state index contributed by atoms with van der Waals surface area (Å²) in [6.07, 6.45) is 2.52. The number of allylic oxidation sites excluding steroid dienone is 1. The van der Waals surface area contributed by atoms with Gasteiger partial charge in [0.1, 0.15) is 0 Å². The molecule has 0 spiro atoms. The van der Waals surface area contributed by atoms with Crippen molar-refractivity contribution >= 4 is 39.6 Å². The summed E-state index contributed by atoms with van der Waals surface area (Å²) in [5.74, 6) is 0.700. The van der Waals surface area contributed by atoms with Gasteiger partial charge in [0.2, 0.25) is 0 Å². The van der Waals surface area contributed by atoms with Gasteiger partial charge in [0.05, 0.1) is 31.5 Å². The van der Waals surface area contributed by atoms with Gasteiger partial charge in [0.25, 0.3) is 29.3 Å². The fourth-order valence-corrected chi connectivity index (χ4v) is 6.81. The quantitative estimate of drug-likeness (QED) is 0.238. The van der Waals surface area contributed by atoms with E-state index in [0.717, 1.165) is 28.5 Å². The Kier molecular flexibility index (Phi) is 10.1. The summed E-state index contributed by atoms with van der Waals surface area (Å²) in [5, 5.41) is 2.18. The maximum Gasteiger partial charge on any atom is 0.298 e. The van der Waals surface area contributed by atoms with E-state index in [1.165, 1.54) is 0 Å². The van der Waals surface area contributed by atoms with Crippen molar-refractivity contribution in [3.8, 4) is 0 Å². The smallest absolute Gasteiger partial charge is 0.298 e. The molecule has 0 N–H and O–H groups in total. The molecule has 0 saturated heterocycles. The molecule has 0 saturated carbocycles. The third-order valence-electron chi connectivity index (χ3n) is 4.85. The molecular formula is C24H34O7S2Si. The molecule has 7 nitrogen and oxygen atoms in total. The van der Waals surface area contributed by atoms with E-state index >= 15 is 0 Å². The molecular weight excluding hydrogens is 492 g/mol. The summed E-state index contributed by atoms with van der Waals surface area (Å²) >= 11 is 0. The fraction of sp³-hybridized carbons (Fsp3) is 0.417. The van der Waals surface area contributed by atoms with Crippen LogP contribution in [-0.4, -0.2) is 51.6 Å². The van der Waals surface area contributed by atoms with Crippen LogP contribution in [0.4, 0.5) is 0 Å². The molecule has 0 aliphatic carbocycles. The third kappa shape index (κ3) is 10.1. The summed E-state index contributed by atoms with van der Waals surface area (Å²) in [6.45, 7) is 5.90. The van der Waals surface area contributed by atoms with Gasteiger partial charge in [0, 0.05) is 5.41 Å². The zero-order chi connectivity index (χ0) is 25.4. The predicted octanol–water partition coefficient (Wildman–Crippen LogP) is 2.57. The lowest BCUT2D eigenvalue weighted by atomic mass is 9.89. The van der Waals surface area contributed by atoms with E-state index in [9.17, 15) is 16.8 Å². The van der Waals surface area contributed by atoms with Crippen LogP contribution in [0.2, 0.25) is 0 Å². The third-order valence-corrected chi connectivity index (χ3v) is 8.49. The van der Waals surface area contributed by atoms with E-state index in [1.807, 2.05) is 81.4 Å². The van der Waals surface area contributed by atoms with Crippen molar-refractivity contribution in [1.82, 2.24) is 0 Å². The molecule has 188 valence electrons. The van der Waals surface area contributed by atoms with E-state index in [0.29, 0.717) is 5.76 Å². The first-order valence-electron chi connectivity index (χ1n) is 10.9. The van der Waals surface area contributed by atoms with Gasteiger partial charge in [0.15, 0.2) is 0 Å². The lowest BCUT2D eigenvalue weighted by Gasteiger charge is -2.32. The van der Waals surface area contributed by atoms with Gasteiger partial charge in [-0.2, -0.15) is 16.8 Å². The standard InChI is InChI=1S/C24H34O7S2Si/c1-24(2,3)23(20(16-18-29-32(4,25)26)17-19-30-33(5,27)28)31-34(21-12-8-6-9-13-21)22-14-10-7-11-15-22/h6-15,34H,16-19H2,1-5H3. The van der Waals surface area contributed by atoms with E-state index in [1.54, 1.807) is 0 Å². The highest BCUT2D eigenvalue weighted by atomic mass is 32.2. The highest BCUT2D eigenvalue weighted by Gasteiger charge is 2.29. The molecule has 0 fully saturated rings. The van der Waals surface area contributed by atoms with Gasteiger partial charge in [-0.05, 0) is 28.8 Å². The number of benzene rings is 2. The van der Waals surface area contributed by atoms with Crippen molar-refractivity contribution in [2.24, 2.45) is 5.41 Å². The molecule has 0 unspecified atom stereocenters. The van der Waals surface area contributed by atoms with Crippen molar-refractivity contribution in [3.05, 3.63) is 72.0 Å². The van der Waals surface area contributed by atoms with E-state index in [-0.39, 0.29) is 26.1 Å². The minimum absolute atomic E-state index is 0.0706. The lowest BCUT2D eigenvalue weighted by molar-refractivity contribution is 0.271. The summed E-state index contributed by atoms with van der Waals surface area (Å²) in [6, 6.07) is 20.0. The van der Waals surface area contributed by atoms with Crippen LogP contribution in [0.15, 0.2) is 72.0 Å². The maximum absolute atomic E-state index is 11.5. The van der Waals surface area contributed by atoms with Gasteiger partial charge < -0.3 is 4.43 Å². The lowest BCUT2D eigenvalue weighted by Crippen LogP contribution is -2.46. The minimum atomic E-state index is -3.62. The molecule has 0 aliphatic heterocycles. The Morgan fingerprint density at radius 1 is 0.735 bits per heavy atom. The van der Waals surface area contributed by atoms with E-state index in [4.69, 9.17) is 12.8 Å². The SMILES string of the molecule is CC(C)(C)C(O[SiH](c1ccccc1)c1ccccc1)=C(CCOS(C)(=O)=O)CCOS(C)(=O)=O. The highest BCUT2D eigenvalue weighted by molar-refractivity contribution is 7.86. The molecule has 0 radical (unpaired) electrons. The Hall–Kier alpha value is -1.98. The first-order chi connectivity index (χ1) is 15.8. The van der Waals surface area contributed by atoms with Gasteiger partial charge in [-0.25, -0.2) is 0 Å². The Morgan fingerprint density at radius 2 is 1.12 bits per heavy atom. The Bertz CT molecular complexity index is 1080. The number of rotatable bonds is 12. The molecule has 0 heterocycles. The van der Waals surface area contributed by atoms with Crippen LogP contribution in [0.1, 0.15) is 33.6 Å². The van der Waals surface area contributed by atoms with Crippen molar-refractivity contribution in [1.29, 1.82) is 0 Å². The Morgan fingerprint density at radius 3 is 1.44 bits per heavy atom. The zero-order valence-electron chi connectivity index (χ0n) is 20.4. The van der Waals surface area contributed by atoms with Crippen molar-refractivity contribution in [2.45, 2.75) is 33.6 Å². The first kappa shape index (κ1) is 28.3. The summed E-state index contributed by atoms with van der Waals surface area (Å²) in [4.78, 5) is 0. The summed E-state index contributed by atoms with van der Waals surface area (Å²) < 4.78 is 62.8. The van der Waals surface area contributed by atoms with Crippen LogP contribution < -0.4 is 10.4 Å². The summed E-state index contributed by atoms with van der Waals surface area (Å²) in [7, 11) is -9.41. The van der Waals surface area contributed by atoms with Gasteiger partial charge in [-0.15, -0.1) is 0 Å². The second-order valence-corrected chi connectivity index (χ2v) is 14.7. The summed E-state index contributed by atoms with van der Waals surface area (Å²) in [5.41, 5.74) is 0.338. The monoisotopic (exact) mass is 526 g/mol. The molecule has 0 aliphatic rings. The predicted molar refractivity (Wildman–Crippen MR) is 138 cm³/mol. The van der Waals surface area contributed by atoms with Crippen LogP contribution in [0.3, 0.4) is 0 Å². The first-order valence-corrected chi connectivity index (χ1v) is 16.2. The highest BCUT2D eigenvalue weighted by Crippen LogP contribution is 2.32. The average molecular weight is 527 g/mol. The average Bonchev–Trinajstić information content (AvgIpc) is 2.72. The van der Waals surface area contributed by atoms with Gasteiger partial charge in [-0.1, -0.05) is 81.4 Å². The zero-order valence-corrected chi connectivity index (χ0v) is 23.1. The molecule has 0 aromatic heterocycles. The normalized spacial score (nSPS) is 12.5. The number of hydrogen-bond acceptors (Lipinski definition) is 7. The second-order valence-electron chi connectivity index (χ2n) is 9.05. The fourth-order valence-electron chi connectivity index (χ4n) is 3.48. The van der Waals surface area contributed by atoms with Crippen LogP contribution in [0.25, 0.3) is 0 Å². The largest absolute Gasteiger partial charge is 0.540 e. The van der Waals surface area contributed by atoms with E-state index in [2.05, 4.69) is 0 Å². The molecule has 0 atom stereocenters. The Labute approximate surface area is 205 Å². The molecule has 0 amide bonds. The molecule has 2 aromatic carbocycles. The van der Waals surface area contributed by atoms with Crippen LogP contribution in [-0.2, 0) is 33.0 Å². The van der Waals surface area contributed by atoms with Crippen LogP contribution in [0, 0.1) is 5.41 Å². The second kappa shape index (κ2) is 12.1. The molecule has 10 heteroatoms. The van der Waals surface area contributed by atoms with Gasteiger partial charge in [-0.3, -0.25) is 8.37 Å². The van der Waals surface area contributed by atoms with Crippen molar-refractivity contribution in [2.75, 3.05) is 25.7 Å². The van der Waals surface area contributed by atoms with Crippen LogP contribution >= 0.6 is 0 Å². The molecule has 34 heavy (non-hydrogen) atoms. The minimum Gasteiger partial charge on any atom is -0.540 e. The number of hydrogen-bond donors (Lipinski definition) is 0. The van der Waals surface area contributed by atoms with Crippen LogP contribution in [0.5, 0.6) is 0 Å². The Balaban J connectivity index is 2.51. The maximum atomic E-state index is 11.5. The van der Waals surface area contributed by atoms with Gasteiger partial charge >= 0.3 is 0 Å². The molecule has 2 aromatic rings. The molecule has 2 rings (SSSR count). The van der Waals surface area contributed by atoms with Crippen molar-refractivity contribution < 1.29 is 29.6 Å². The topological polar surface area (TPSA) is 96.0 Å². The van der Waals surface area contributed by atoms with Crippen molar-refractivity contribution in [3.63, 3.8) is 0 Å².